The van der Waals surface area contributed by atoms with Crippen molar-refractivity contribution in [1.82, 2.24) is 4.90 Å². The van der Waals surface area contributed by atoms with E-state index in [2.05, 4.69) is 11.0 Å². The van der Waals surface area contributed by atoms with Crippen LogP contribution in [0.25, 0.3) is 0 Å². The molecule has 0 aliphatic carbocycles. The maximum Gasteiger partial charge on any atom is 0.308 e. The minimum absolute atomic E-state index is 0.161. The Morgan fingerprint density at radius 3 is 2.80 bits per heavy atom. The maximum absolute atomic E-state index is 11.1. The molecule has 0 bridgehead atoms. The molecule has 0 saturated carbocycles. The number of likely N-dealkylation sites (tertiary alicyclic amines) is 1. The molecule has 0 unspecified atom stereocenters. The van der Waals surface area contributed by atoms with Crippen molar-refractivity contribution in [3.05, 3.63) is 29.8 Å². The van der Waals surface area contributed by atoms with Crippen molar-refractivity contribution in [2.45, 2.75) is 33.4 Å². The molecule has 1 aliphatic heterocycles. The molecule has 110 valence electrons. The van der Waals surface area contributed by atoms with Crippen LogP contribution in [0.3, 0.4) is 0 Å². The fourth-order valence-corrected chi connectivity index (χ4v) is 2.77. The van der Waals surface area contributed by atoms with Crippen molar-refractivity contribution in [2.24, 2.45) is 11.8 Å². The molecule has 1 aromatic carbocycles. The van der Waals surface area contributed by atoms with Crippen LogP contribution in [0.4, 0.5) is 0 Å². The summed E-state index contributed by atoms with van der Waals surface area (Å²) in [7, 11) is 0. The van der Waals surface area contributed by atoms with Crippen LogP contribution in [-0.2, 0) is 11.3 Å². The van der Waals surface area contributed by atoms with Crippen molar-refractivity contribution in [3.63, 3.8) is 0 Å². The summed E-state index contributed by atoms with van der Waals surface area (Å²) in [5.41, 5.74) is 1.17. The molecule has 2 atom stereocenters. The van der Waals surface area contributed by atoms with Gasteiger partial charge in [0.25, 0.3) is 0 Å². The van der Waals surface area contributed by atoms with E-state index in [-0.39, 0.29) is 17.9 Å². The normalized spacial score (nSPS) is 23.2. The molecule has 1 N–H and O–H groups in total. The third kappa shape index (κ3) is 3.73. The Morgan fingerprint density at radius 1 is 1.45 bits per heavy atom. The van der Waals surface area contributed by atoms with Crippen LogP contribution < -0.4 is 4.74 Å². The van der Waals surface area contributed by atoms with Gasteiger partial charge in [-0.2, -0.15) is 0 Å². The molecule has 4 nitrogen and oxygen atoms in total. The largest absolute Gasteiger partial charge is 0.491 e. The van der Waals surface area contributed by atoms with E-state index >= 15 is 0 Å². The summed E-state index contributed by atoms with van der Waals surface area (Å²) < 4.78 is 5.69. The van der Waals surface area contributed by atoms with Gasteiger partial charge in [0.1, 0.15) is 5.75 Å². The third-order valence-corrected chi connectivity index (χ3v) is 3.68. The van der Waals surface area contributed by atoms with E-state index in [4.69, 9.17) is 9.84 Å². The molecular formula is C16H23NO3. The second-order valence-corrected chi connectivity index (χ2v) is 5.93. The number of ether oxygens (including phenoxy) is 1. The molecule has 1 saturated heterocycles. The van der Waals surface area contributed by atoms with E-state index in [1.807, 2.05) is 39.0 Å². The van der Waals surface area contributed by atoms with E-state index in [0.29, 0.717) is 6.54 Å². The molecule has 0 aromatic heterocycles. The van der Waals surface area contributed by atoms with Gasteiger partial charge < -0.3 is 9.84 Å². The fraction of sp³-hybridized carbons (Fsp3) is 0.562. The summed E-state index contributed by atoms with van der Waals surface area (Å²) in [6.45, 7) is 8.27. The zero-order valence-corrected chi connectivity index (χ0v) is 12.4. The summed E-state index contributed by atoms with van der Waals surface area (Å²) in [4.78, 5) is 13.3. The Balaban J connectivity index is 1.99. The van der Waals surface area contributed by atoms with E-state index in [1.54, 1.807) is 0 Å². The number of hydrogen-bond donors (Lipinski definition) is 1. The van der Waals surface area contributed by atoms with Crippen LogP contribution in [0.2, 0.25) is 0 Å². The Labute approximate surface area is 120 Å². The van der Waals surface area contributed by atoms with Gasteiger partial charge in [0.2, 0.25) is 0 Å². The topological polar surface area (TPSA) is 49.8 Å². The van der Waals surface area contributed by atoms with E-state index in [0.717, 1.165) is 18.8 Å². The highest BCUT2D eigenvalue weighted by molar-refractivity contribution is 5.71. The summed E-state index contributed by atoms with van der Waals surface area (Å²) in [6, 6.07) is 8.04. The Hall–Kier alpha value is -1.55. The van der Waals surface area contributed by atoms with E-state index in [9.17, 15) is 4.79 Å². The number of carbonyl (C=O) groups is 1. The lowest BCUT2D eigenvalue weighted by Gasteiger charge is -2.16. The maximum atomic E-state index is 11.1. The number of nitrogens with zero attached hydrogens (tertiary/aromatic N) is 1. The van der Waals surface area contributed by atoms with Crippen LogP contribution in [0.1, 0.15) is 26.3 Å². The molecule has 0 radical (unpaired) electrons. The van der Waals surface area contributed by atoms with E-state index < -0.39 is 5.97 Å². The smallest absolute Gasteiger partial charge is 0.308 e. The SMILES string of the molecule is CC(C)Oc1cccc(CN2C[C@@H](C)[C@H](C(=O)O)C2)c1. The lowest BCUT2D eigenvalue weighted by atomic mass is 9.99. The summed E-state index contributed by atoms with van der Waals surface area (Å²) in [6.07, 6.45) is 0.161. The van der Waals surface area contributed by atoms with Crippen molar-refractivity contribution in [1.29, 1.82) is 0 Å². The first kappa shape index (κ1) is 14.9. The summed E-state index contributed by atoms with van der Waals surface area (Å²) >= 11 is 0. The molecule has 1 aliphatic rings. The quantitative estimate of drug-likeness (QED) is 0.899. The van der Waals surface area contributed by atoms with Crippen molar-refractivity contribution in [3.8, 4) is 5.75 Å². The number of carboxylic acid groups (broad SMARTS) is 1. The third-order valence-electron chi connectivity index (χ3n) is 3.68. The standard InChI is InChI=1S/C16H23NO3/c1-11(2)20-14-6-4-5-13(7-14)9-17-8-12(3)15(10-17)16(18)19/h4-7,11-12,15H,8-10H2,1-3H3,(H,18,19)/t12-,15-/m1/s1. The van der Waals surface area contributed by atoms with Gasteiger partial charge in [-0.05, 0) is 37.5 Å². The van der Waals surface area contributed by atoms with Crippen molar-refractivity contribution < 1.29 is 14.6 Å². The highest BCUT2D eigenvalue weighted by Crippen LogP contribution is 2.25. The molecule has 4 heteroatoms. The van der Waals surface area contributed by atoms with Gasteiger partial charge in [-0.25, -0.2) is 0 Å². The van der Waals surface area contributed by atoms with Gasteiger partial charge in [-0.1, -0.05) is 19.1 Å². The minimum atomic E-state index is -0.683. The summed E-state index contributed by atoms with van der Waals surface area (Å²) in [5, 5.41) is 9.16. The average Bonchev–Trinajstić information content (AvgIpc) is 2.70. The number of carboxylic acids is 1. The molecule has 1 aromatic rings. The van der Waals surface area contributed by atoms with Gasteiger partial charge in [0.05, 0.1) is 12.0 Å². The average molecular weight is 277 g/mol. The van der Waals surface area contributed by atoms with Gasteiger partial charge in [-0.15, -0.1) is 0 Å². The van der Waals surface area contributed by atoms with E-state index in [1.165, 1.54) is 5.56 Å². The monoisotopic (exact) mass is 277 g/mol. The van der Waals surface area contributed by atoms with Gasteiger partial charge in [0.15, 0.2) is 0 Å². The lowest BCUT2D eigenvalue weighted by molar-refractivity contribution is -0.142. The predicted octanol–water partition coefficient (Wildman–Crippen LogP) is 2.63. The lowest BCUT2D eigenvalue weighted by Crippen LogP contribution is -2.23. The second-order valence-electron chi connectivity index (χ2n) is 5.93. The molecule has 20 heavy (non-hydrogen) atoms. The zero-order chi connectivity index (χ0) is 14.7. The Morgan fingerprint density at radius 2 is 2.20 bits per heavy atom. The molecule has 2 rings (SSSR count). The number of hydrogen-bond acceptors (Lipinski definition) is 3. The van der Waals surface area contributed by atoms with Crippen LogP contribution in [0.5, 0.6) is 5.75 Å². The fourth-order valence-electron chi connectivity index (χ4n) is 2.77. The molecule has 0 amide bonds. The number of aliphatic carboxylic acids is 1. The Bertz CT molecular complexity index is 473. The van der Waals surface area contributed by atoms with Gasteiger partial charge >= 0.3 is 5.97 Å². The van der Waals surface area contributed by atoms with Gasteiger partial charge in [0, 0.05) is 19.6 Å². The molecular weight excluding hydrogens is 254 g/mol. The highest BCUT2D eigenvalue weighted by atomic mass is 16.5. The first-order valence-electron chi connectivity index (χ1n) is 7.16. The predicted molar refractivity (Wildman–Crippen MR) is 77.8 cm³/mol. The first-order valence-corrected chi connectivity index (χ1v) is 7.16. The van der Waals surface area contributed by atoms with Crippen LogP contribution in [-0.4, -0.2) is 35.2 Å². The highest BCUT2D eigenvalue weighted by Gasteiger charge is 2.34. The molecule has 1 heterocycles. The van der Waals surface area contributed by atoms with Crippen molar-refractivity contribution >= 4 is 5.97 Å². The van der Waals surface area contributed by atoms with Crippen LogP contribution in [0, 0.1) is 11.8 Å². The minimum Gasteiger partial charge on any atom is -0.491 e. The summed E-state index contributed by atoms with van der Waals surface area (Å²) in [5.74, 6) is 0.157. The van der Waals surface area contributed by atoms with Gasteiger partial charge in [-0.3, -0.25) is 9.69 Å². The second kappa shape index (κ2) is 6.27. The number of benzene rings is 1. The van der Waals surface area contributed by atoms with Crippen LogP contribution in [0.15, 0.2) is 24.3 Å². The van der Waals surface area contributed by atoms with Crippen LogP contribution >= 0.6 is 0 Å². The Kier molecular flexibility index (Phi) is 4.65. The first-order chi connectivity index (χ1) is 9.45. The number of rotatable bonds is 5. The van der Waals surface area contributed by atoms with Crippen molar-refractivity contribution in [2.75, 3.05) is 13.1 Å². The molecule has 0 spiro atoms. The molecule has 1 fully saturated rings. The zero-order valence-electron chi connectivity index (χ0n) is 12.4.